The first kappa shape index (κ1) is 20.3. The molecular formula is C19H14ClF3N2O2S. The van der Waals surface area contributed by atoms with E-state index in [4.69, 9.17) is 21.9 Å². The maximum absolute atomic E-state index is 12.8. The Balaban J connectivity index is 1.99. The van der Waals surface area contributed by atoms with E-state index in [-0.39, 0.29) is 16.6 Å². The van der Waals surface area contributed by atoms with Gasteiger partial charge in [-0.05, 0) is 29.3 Å². The minimum atomic E-state index is -4.49. The lowest BCUT2D eigenvalue weighted by molar-refractivity contribution is -0.137. The molecule has 0 aliphatic rings. The van der Waals surface area contributed by atoms with Crippen LogP contribution in [0.4, 0.5) is 19.0 Å². The van der Waals surface area contributed by atoms with E-state index < -0.39 is 22.8 Å². The van der Waals surface area contributed by atoms with Crippen molar-refractivity contribution >= 4 is 28.5 Å². The van der Waals surface area contributed by atoms with Gasteiger partial charge >= 0.3 is 6.18 Å². The van der Waals surface area contributed by atoms with Gasteiger partial charge < -0.3 is 10.3 Å². The Labute approximate surface area is 166 Å². The number of hydrogen-bond donors (Lipinski definition) is 2. The van der Waals surface area contributed by atoms with Gasteiger partial charge in [0, 0.05) is 27.9 Å². The Morgan fingerprint density at radius 3 is 2.29 bits per heavy atom. The molecule has 4 nitrogen and oxygen atoms in total. The van der Waals surface area contributed by atoms with E-state index in [9.17, 15) is 17.4 Å². The Kier molecular flexibility index (Phi) is 5.74. The summed E-state index contributed by atoms with van der Waals surface area (Å²) >= 11 is 4.14. The van der Waals surface area contributed by atoms with E-state index in [1.807, 2.05) is 0 Å². The summed E-state index contributed by atoms with van der Waals surface area (Å²) in [7, 11) is 0. The molecule has 3 aromatic rings. The van der Waals surface area contributed by atoms with Gasteiger partial charge in [-0.25, -0.2) is 9.19 Å². The lowest BCUT2D eigenvalue weighted by Crippen LogP contribution is -2.05. The highest BCUT2D eigenvalue weighted by atomic mass is 35.5. The first-order valence-electron chi connectivity index (χ1n) is 7.94. The lowest BCUT2D eigenvalue weighted by Gasteiger charge is -2.13. The van der Waals surface area contributed by atoms with Crippen LogP contribution < -0.4 is 5.73 Å². The van der Waals surface area contributed by atoms with Gasteiger partial charge in [0.25, 0.3) is 0 Å². The third-order valence-corrected chi connectivity index (χ3v) is 4.98. The fraction of sp³-hybridized carbons (Fsp3) is 0.105. The second kappa shape index (κ2) is 7.90. The summed E-state index contributed by atoms with van der Waals surface area (Å²) in [6.07, 6.45) is -2.95. The Bertz CT molecular complexity index is 1040. The molecule has 9 heteroatoms. The molecule has 28 heavy (non-hydrogen) atoms. The molecule has 0 radical (unpaired) electrons. The minimum Gasteiger partial charge on any atom is -0.383 e. The third-order valence-electron chi connectivity index (χ3n) is 4.08. The molecule has 0 aliphatic heterocycles. The first-order valence-corrected chi connectivity index (χ1v) is 9.60. The monoisotopic (exact) mass is 426 g/mol. The zero-order valence-electron chi connectivity index (χ0n) is 14.2. The zero-order valence-corrected chi connectivity index (χ0v) is 15.8. The molecule has 2 aromatic carbocycles. The van der Waals surface area contributed by atoms with Crippen LogP contribution in [-0.2, 0) is 23.0 Å². The molecule has 1 atom stereocenters. The van der Waals surface area contributed by atoms with Crippen LogP contribution in [0.1, 0.15) is 11.1 Å². The molecule has 3 rings (SSSR count). The summed E-state index contributed by atoms with van der Waals surface area (Å²) in [5, 5.41) is -0.0822. The van der Waals surface area contributed by atoms with Crippen molar-refractivity contribution in [2.45, 2.75) is 11.9 Å². The number of nitrogen functional groups attached to an aromatic ring is 1. The maximum atomic E-state index is 12.8. The second-order valence-corrected chi connectivity index (χ2v) is 7.35. The van der Waals surface area contributed by atoms with Crippen LogP contribution in [0.5, 0.6) is 0 Å². The van der Waals surface area contributed by atoms with E-state index in [2.05, 4.69) is 4.98 Å². The number of alkyl halides is 3. The number of anilines is 1. The van der Waals surface area contributed by atoms with Crippen molar-refractivity contribution in [1.29, 1.82) is 0 Å². The predicted molar refractivity (Wildman–Crippen MR) is 104 cm³/mol. The molecule has 0 bridgehead atoms. The number of aromatic nitrogens is 1. The molecule has 0 saturated carbocycles. The number of nitrogens with zero attached hydrogens (tertiary/aromatic N) is 1. The van der Waals surface area contributed by atoms with Gasteiger partial charge in [0.05, 0.1) is 11.3 Å². The SMILES string of the molecule is Nc1ncc(-c2ccc(CS(=O)O)cc2)cc1-c1ccc(C(F)(F)F)cc1Cl. The highest BCUT2D eigenvalue weighted by Crippen LogP contribution is 2.38. The van der Waals surface area contributed by atoms with Crippen molar-refractivity contribution in [2.75, 3.05) is 5.73 Å². The first-order chi connectivity index (χ1) is 13.1. The normalized spacial score (nSPS) is 12.8. The van der Waals surface area contributed by atoms with E-state index in [0.717, 1.165) is 17.7 Å². The topological polar surface area (TPSA) is 76.2 Å². The van der Waals surface area contributed by atoms with Gasteiger partial charge in [-0.3, -0.25) is 0 Å². The molecule has 0 aliphatic carbocycles. The van der Waals surface area contributed by atoms with Crippen LogP contribution in [-0.4, -0.2) is 13.7 Å². The van der Waals surface area contributed by atoms with Gasteiger partial charge in [0.2, 0.25) is 0 Å². The van der Waals surface area contributed by atoms with Gasteiger partial charge in [-0.1, -0.05) is 41.9 Å². The number of rotatable bonds is 4. The average molecular weight is 427 g/mol. The van der Waals surface area contributed by atoms with E-state index in [1.54, 1.807) is 30.3 Å². The van der Waals surface area contributed by atoms with Crippen molar-refractivity contribution in [3.8, 4) is 22.3 Å². The number of pyridine rings is 1. The molecule has 1 heterocycles. The van der Waals surface area contributed by atoms with E-state index in [0.29, 0.717) is 22.3 Å². The minimum absolute atomic E-state index is 0.0205. The number of hydrogen-bond acceptors (Lipinski definition) is 3. The van der Waals surface area contributed by atoms with Crippen LogP contribution in [0, 0.1) is 0 Å². The van der Waals surface area contributed by atoms with Crippen LogP contribution in [0.3, 0.4) is 0 Å². The van der Waals surface area contributed by atoms with Gasteiger partial charge in [-0.15, -0.1) is 0 Å². The van der Waals surface area contributed by atoms with E-state index >= 15 is 0 Å². The number of halogens is 4. The van der Waals surface area contributed by atoms with E-state index in [1.165, 1.54) is 12.3 Å². The smallest absolute Gasteiger partial charge is 0.383 e. The molecule has 0 spiro atoms. The Hall–Kier alpha value is -2.42. The van der Waals surface area contributed by atoms with Gasteiger partial charge in [0.15, 0.2) is 11.1 Å². The molecule has 1 aromatic heterocycles. The van der Waals surface area contributed by atoms with Crippen molar-refractivity contribution in [1.82, 2.24) is 4.98 Å². The molecule has 146 valence electrons. The number of benzene rings is 2. The predicted octanol–water partition coefficient (Wildman–Crippen LogP) is 5.39. The third kappa shape index (κ3) is 4.52. The van der Waals surface area contributed by atoms with Crippen molar-refractivity contribution in [3.05, 3.63) is 70.9 Å². The molecule has 0 fully saturated rings. The summed E-state index contributed by atoms with van der Waals surface area (Å²) in [4.78, 5) is 4.12. The van der Waals surface area contributed by atoms with Crippen LogP contribution in [0.25, 0.3) is 22.3 Å². The zero-order chi connectivity index (χ0) is 20.5. The molecular weight excluding hydrogens is 413 g/mol. The second-order valence-electron chi connectivity index (χ2n) is 6.01. The quantitative estimate of drug-likeness (QED) is 0.548. The van der Waals surface area contributed by atoms with Crippen LogP contribution in [0.15, 0.2) is 54.7 Å². The Morgan fingerprint density at radius 1 is 1.04 bits per heavy atom. The van der Waals surface area contributed by atoms with Crippen molar-refractivity contribution in [2.24, 2.45) is 0 Å². The highest BCUT2D eigenvalue weighted by molar-refractivity contribution is 7.78. The summed E-state index contributed by atoms with van der Waals surface area (Å²) in [5.74, 6) is 0.157. The van der Waals surface area contributed by atoms with Crippen LogP contribution in [0.2, 0.25) is 5.02 Å². The summed E-state index contributed by atoms with van der Waals surface area (Å²) in [5.41, 5.74) is 7.97. The standard InChI is InChI=1S/C19H14ClF3N2O2S/c20-17-8-14(19(21,22)23)5-6-15(17)16-7-13(9-25-18(16)24)12-3-1-11(2-4-12)10-28(26)27/h1-9H,10H2,(H2,24,25)(H,26,27). The fourth-order valence-electron chi connectivity index (χ4n) is 2.69. The molecule has 1 unspecified atom stereocenters. The maximum Gasteiger partial charge on any atom is 0.416 e. The van der Waals surface area contributed by atoms with Gasteiger partial charge in [0.1, 0.15) is 5.82 Å². The van der Waals surface area contributed by atoms with Gasteiger partial charge in [-0.2, -0.15) is 13.2 Å². The summed E-state index contributed by atoms with van der Waals surface area (Å²) in [6.45, 7) is 0. The number of nitrogens with two attached hydrogens (primary N) is 1. The van der Waals surface area contributed by atoms with Crippen LogP contribution >= 0.6 is 11.6 Å². The fourth-order valence-corrected chi connectivity index (χ4v) is 3.45. The van der Waals surface area contributed by atoms with Crippen molar-refractivity contribution in [3.63, 3.8) is 0 Å². The average Bonchev–Trinajstić information content (AvgIpc) is 2.62. The molecule has 0 saturated heterocycles. The lowest BCUT2D eigenvalue weighted by atomic mass is 9.99. The van der Waals surface area contributed by atoms with Crippen molar-refractivity contribution < 1.29 is 21.9 Å². The molecule has 3 N–H and O–H groups in total. The summed E-state index contributed by atoms with van der Waals surface area (Å²) in [6, 6.07) is 11.7. The largest absolute Gasteiger partial charge is 0.416 e. The summed E-state index contributed by atoms with van der Waals surface area (Å²) < 4.78 is 58.4. The Morgan fingerprint density at radius 2 is 1.71 bits per heavy atom. The molecule has 0 amide bonds. The highest BCUT2D eigenvalue weighted by Gasteiger charge is 2.31.